The van der Waals surface area contributed by atoms with Gasteiger partial charge in [0.15, 0.2) is 0 Å². The van der Waals surface area contributed by atoms with Gasteiger partial charge in [-0.05, 0) is 65.9 Å². The van der Waals surface area contributed by atoms with Gasteiger partial charge >= 0.3 is 6.09 Å². The minimum absolute atomic E-state index is 0.0389. The molecule has 7 heteroatoms. The van der Waals surface area contributed by atoms with Crippen molar-refractivity contribution >= 4 is 30.6 Å². The Hall–Kier alpha value is -3.26. The molecule has 1 saturated heterocycles. The van der Waals surface area contributed by atoms with Crippen LogP contribution >= 0.6 is 0 Å². The Kier molecular flexibility index (Phi) is 11.2. The summed E-state index contributed by atoms with van der Waals surface area (Å²) >= 11 is 0. The number of hydrogen-bond donors (Lipinski definition) is 0. The maximum absolute atomic E-state index is 13.9. The molecular weight excluding hydrogens is 591 g/mol. The van der Waals surface area contributed by atoms with Crippen LogP contribution in [0.1, 0.15) is 77.7 Å². The van der Waals surface area contributed by atoms with Crippen molar-refractivity contribution in [2.24, 2.45) is 5.92 Å². The summed E-state index contributed by atoms with van der Waals surface area (Å²) in [6.45, 7) is 8.35. The second-order valence-electron chi connectivity index (χ2n) is 14.0. The second-order valence-corrected chi connectivity index (χ2v) is 18.3. The molecule has 0 aromatic heterocycles. The molecule has 0 bridgehead atoms. The molecule has 1 aliphatic carbocycles. The number of rotatable bonds is 11. The third-order valence-corrected chi connectivity index (χ3v) is 15.3. The summed E-state index contributed by atoms with van der Waals surface area (Å²) in [7, 11) is -1.30. The minimum Gasteiger partial charge on any atom is -0.453 e. The average molecular weight is 642 g/mol. The molecule has 1 spiro atoms. The molecule has 5 rings (SSSR count). The van der Waals surface area contributed by atoms with Crippen molar-refractivity contribution in [2.45, 2.75) is 95.4 Å². The maximum Gasteiger partial charge on any atom is 0.410 e. The summed E-state index contributed by atoms with van der Waals surface area (Å²) in [6, 6.07) is 31.4. The first-order chi connectivity index (χ1) is 22.2. The van der Waals surface area contributed by atoms with Crippen LogP contribution in [0.3, 0.4) is 0 Å². The molecule has 3 aromatic carbocycles. The molecule has 1 saturated carbocycles. The third-order valence-electron chi connectivity index (χ3n) is 10.3. The van der Waals surface area contributed by atoms with Crippen LogP contribution in [0.5, 0.6) is 0 Å². The average Bonchev–Trinajstić information content (AvgIpc) is 3.07. The standard InChI is InChI=1S/C39H51NO5Si/c1-38(2,3)46(33-19-10-6-11-20-33,34-21-12-7-13-22-34)45-29-25-35-36(41)23-15-27-39(35)26-14-18-32(40(39)37(42)43-4)24-28-44-30-31-16-8-5-9-17-31/h5-13,16-17,19-22,32,35H,14-15,18,23-30H2,1-4H3/t32-,35?,39?/m0/s1. The molecule has 0 N–H and O–H groups in total. The van der Waals surface area contributed by atoms with Gasteiger partial charge in [0.25, 0.3) is 8.32 Å². The number of likely N-dealkylation sites (tertiary alicyclic amines) is 1. The van der Waals surface area contributed by atoms with Crippen LogP contribution in [0.2, 0.25) is 5.04 Å². The highest BCUT2D eigenvalue weighted by Crippen LogP contribution is 2.48. The van der Waals surface area contributed by atoms with Gasteiger partial charge in [-0.1, -0.05) is 112 Å². The van der Waals surface area contributed by atoms with Gasteiger partial charge in [-0.2, -0.15) is 0 Å². The number of carbonyl (C=O) groups is 2. The Morgan fingerprint density at radius 3 is 2.02 bits per heavy atom. The van der Waals surface area contributed by atoms with E-state index in [4.69, 9.17) is 13.9 Å². The number of piperidine rings is 1. The normalized spacial score (nSPS) is 22.2. The van der Waals surface area contributed by atoms with Crippen LogP contribution in [0.4, 0.5) is 4.79 Å². The highest BCUT2D eigenvalue weighted by Gasteiger charge is 2.55. The Morgan fingerprint density at radius 1 is 0.848 bits per heavy atom. The van der Waals surface area contributed by atoms with Crippen molar-refractivity contribution in [1.82, 2.24) is 4.90 Å². The van der Waals surface area contributed by atoms with Gasteiger partial charge in [0.2, 0.25) is 0 Å². The van der Waals surface area contributed by atoms with Crippen molar-refractivity contribution in [2.75, 3.05) is 20.3 Å². The minimum atomic E-state index is -2.76. The lowest BCUT2D eigenvalue weighted by Crippen LogP contribution is -2.67. The highest BCUT2D eigenvalue weighted by molar-refractivity contribution is 6.99. The van der Waals surface area contributed by atoms with Crippen LogP contribution in [0.15, 0.2) is 91.0 Å². The highest BCUT2D eigenvalue weighted by atomic mass is 28.4. The lowest BCUT2D eigenvalue weighted by molar-refractivity contribution is -0.137. The van der Waals surface area contributed by atoms with E-state index in [-0.39, 0.29) is 28.9 Å². The van der Waals surface area contributed by atoms with Crippen molar-refractivity contribution in [3.05, 3.63) is 96.6 Å². The fourth-order valence-electron chi connectivity index (χ4n) is 8.27. The first kappa shape index (κ1) is 34.1. The van der Waals surface area contributed by atoms with Gasteiger partial charge in [-0.15, -0.1) is 0 Å². The number of ketones is 1. The Morgan fingerprint density at radius 2 is 1.43 bits per heavy atom. The number of nitrogens with zero attached hydrogens (tertiary/aromatic N) is 1. The summed E-state index contributed by atoms with van der Waals surface area (Å²) in [5.74, 6) is -0.0567. The zero-order valence-corrected chi connectivity index (χ0v) is 29.1. The second kappa shape index (κ2) is 15.1. The van der Waals surface area contributed by atoms with E-state index in [1.165, 1.54) is 17.5 Å². The van der Waals surface area contributed by atoms with E-state index in [0.29, 0.717) is 39.1 Å². The number of ether oxygens (including phenoxy) is 2. The summed E-state index contributed by atoms with van der Waals surface area (Å²) in [5, 5.41) is 2.29. The molecule has 246 valence electrons. The van der Waals surface area contributed by atoms with Gasteiger partial charge in [0.05, 0.1) is 19.3 Å². The summed E-state index contributed by atoms with van der Waals surface area (Å²) < 4.78 is 18.8. The molecule has 3 aromatic rings. The molecule has 6 nitrogen and oxygen atoms in total. The number of benzene rings is 3. The van der Waals surface area contributed by atoms with E-state index >= 15 is 0 Å². The zero-order valence-electron chi connectivity index (χ0n) is 28.1. The fourth-order valence-corrected chi connectivity index (χ4v) is 12.8. The van der Waals surface area contributed by atoms with Crippen LogP contribution in [-0.2, 0) is 25.3 Å². The molecular formula is C39H51NO5Si. The van der Waals surface area contributed by atoms with Crippen LogP contribution < -0.4 is 10.4 Å². The molecule has 1 aliphatic heterocycles. The number of Topliss-reactive ketones (excluding diaryl/α,β-unsaturated/α-hetero) is 1. The quantitative estimate of drug-likeness (QED) is 0.163. The number of hydrogen-bond acceptors (Lipinski definition) is 5. The topological polar surface area (TPSA) is 65.1 Å². The molecule has 2 aliphatic rings. The monoisotopic (exact) mass is 641 g/mol. The molecule has 2 unspecified atom stereocenters. The van der Waals surface area contributed by atoms with E-state index < -0.39 is 13.9 Å². The largest absolute Gasteiger partial charge is 0.453 e. The lowest BCUT2D eigenvalue weighted by Gasteiger charge is -2.56. The van der Waals surface area contributed by atoms with Gasteiger partial charge in [0.1, 0.15) is 5.78 Å². The molecule has 46 heavy (non-hydrogen) atoms. The van der Waals surface area contributed by atoms with Gasteiger partial charge in [-0.3, -0.25) is 9.69 Å². The predicted molar refractivity (Wildman–Crippen MR) is 186 cm³/mol. The Bertz CT molecular complexity index is 1370. The van der Waals surface area contributed by atoms with Crippen molar-refractivity contribution in [3.63, 3.8) is 0 Å². The number of amides is 1. The number of methoxy groups -OCH3 is 1. The van der Waals surface area contributed by atoms with Gasteiger partial charge in [0, 0.05) is 31.6 Å². The van der Waals surface area contributed by atoms with Gasteiger partial charge < -0.3 is 13.9 Å². The first-order valence-corrected chi connectivity index (χ1v) is 18.9. The molecule has 1 amide bonds. The third kappa shape index (κ3) is 7.02. The lowest BCUT2D eigenvalue weighted by atomic mass is 9.64. The zero-order chi connectivity index (χ0) is 32.6. The first-order valence-electron chi connectivity index (χ1n) is 17.0. The molecule has 3 atom stereocenters. The van der Waals surface area contributed by atoms with Crippen molar-refractivity contribution in [1.29, 1.82) is 0 Å². The van der Waals surface area contributed by atoms with Crippen LogP contribution in [0.25, 0.3) is 0 Å². The van der Waals surface area contributed by atoms with Crippen LogP contribution in [-0.4, -0.2) is 57.0 Å². The van der Waals surface area contributed by atoms with E-state index in [1.54, 1.807) is 0 Å². The molecule has 2 fully saturated rings. The SMILES string of the molecule is COC(=O)N1[C@H](CCOCc2ccccc2)CCCC12CCCC(=O)C2CCO[Si](c1ccccc1)(c1ccccc1)C(C)(C)C. The van der Waals surface area contributed by atoms with Crippen molar-refractivity contribution in [3.8, 4) is 0 Å². The van der Waals surface area contributed by atoms with E-state index in [1.807, 2.05) is 35.2 Å². The smallest absolute Gasteiger partial charge is 0.410 e. The van der Waals surface area contributed by atoms with Crippen LogP contribution in [0, 0.1) is 5.92 Å². The Balaban J connectivity index is 1.39. The van der Waals surface area contributed by atoms with E-state index in [9.17, 15) is 9.59 Å². The Labute approximate surface area is 276 Å². The predicted octanol–water partition coefficient (Wildman–Crippen LogP) is 7.29. The van der Waals surface area contributed by atoms with Crippen molar-refractivity contribution < 1.29 is 23.5 Å². The maximum atomic E-state index is 13.9. The van der Waals surface area contributed by atoms with E-state index in [2.05, 4.69) is 81.4 Å². The fraction of sp³-hybridized carbons (Fsp3) is 0.487. The number of carbonyl (C=O) groups excluding carboxylic acids is 2. The van der Waals surface area contributed by atoms with E-state index in [0.717, 1.165) is 37.7 Å². The molecule has 1 heterocycles. The summed E-state index contributed by atoms with van der Waals surface area (Å²) in [6.07, 6.45) is 5.75. The molecule has 0 radical (unpaired) electrons. The summed E-state index contributed by atoms with van der Waals surface area (Å²) in [5.41, 5.74) is 0.561. The van der Waals surface area contributed by atoms with Gasteiger partial charge in [-0.25, -0.2) is 4.79 Å². The summed E-state index contributed by atoms with van der Waals surface area (Å²) in [4.78, 5) is 29.5.